The minimum atomic E-state index is -0.614. The van der Waals surface area contributed by atoms with Crippen molar-refractivity contribution in [2.45, 2.75) is 13.8 Å². The lowest BCUT2D eigenvalue weighted by Gasteiger charge is -2.10. The van der Waals surface area contributed by atoms with Gasteiger partial charge in [-0.25, -0.2) is 4.79 Å². The van der Waals surface area contributed by atoms with Gasteiger partial charge in [0.15, 0.2) is 13.2 Å². The summed E-state index contributed by atoms with van der Waals surface area (Å²) in [5.74, 6) is -0.128. The molecule has 0 radical (unpaired) electrons. The Balaban J connectivity index is 2.29. The van der Waals surface area contributed by atoms with Gasteiger partial charge in [0.25, 0.3) is 5.91 Å². The fourth-order valence-corrected chi connectivity index (χ4v) is 2.08. The Morgan fingerprint density at radius 2 is 2.05 bits per heavy atom. The van der Waals surface area contributed by atoms with E-state index in [4.69, 9.17) is 21.1 Å². The molecule has 116 valence electrons. The second kappa shape index (κ2) is 8.89. The SMILES string of the molecule is CC(C)CNC(=O)COC(=O)COc1ccc(Cl)cc1Br. The molecule has 0 unspecified atom stereocenters. The van der Waals surface area contributed by atoms with Crippen LogP contribution in [0.3, 0.4) is 0 Å². The molecule has 1 aromatic carbocycles. The number of benzene rings is 1. The van der Waals surface area contributed by atoms with Gasteiger partial charge in [0.2, 0.25) is 0 Å². The first kappa shape index (κ1) is 17.8. The van der Waals surface area contributed by atoms with Gasteiger partial charge < -0.3 is 14.8 Å². The summed E-state index contributed by atoms with van der Waals surface area (Å²) in [6.45, 7) is 3.91. The Morgan fingerprint density at radius 3 is 2.67 bits per heavy atom. The quantitative estimate of drug-likeness (QED) is 0.741. The Kier molecular flexibility index (Phi) is 7.53. The van der Waals surface area contributed by atoms with E-state index in [9.17, 15) is 9.59 Å². The Hall–Kier alpha value is -1.27. The van der Waals surface area contributed by atoms with E-state index in [1.165, 1.54) is 0 Å². The lowest BCUT2D eigenvalue weighted by atomic mass is 10.2. The van der Waals surface area contributed by atoms with Crippen LogP contribution < -0.4 is 10.1 Å². The monoisotopic (exact) mass is 377 g/mol. The molecule has 1 rings (SSSR count). The highest BCUT2D eigenvalue weighted by Crippen LogP contribution is 2.27. The summed E-state index contributed by atoms with van der Waals surface area (Å²) in [5, 5.41) is 3.20. The van der Waals surface area contributed by atoms with E-state index >= 15 is 0 Å². The van der Waals surface area contributed by atoms with E-state index in [1.54, 1.807) is 18.2 Å². The van der Waals surface area contributed by atoms with Gasteiger partial charge in [-0.1, -0.05) is 25.4 Å². The van der Waals surface area contributed by atoms with E-state index in [1.807, 2.05) is 13.8 Å². The summed E-state index contributed by atoms with van der Waals surface area (Å²) in [4.78, 5) is 22.8. The van der Waals surface area contributed by atoms with Gasteiger partial charge in [-0.05, 0) is 40.0 Å². The second-order valence-corrected chi connectivity index (χ2v) is 6.01. The van der Waals surface area contributed by atoms with Crippen LogP contribution in [-0.4, -0.2) is 31.6 Å². The molecular weight excluding hydrogens is 362 g/mol. The molecule has 21 heavy (non-hydrogen) atoms. The van der Waals surface area contributed by atoms with Crippen LogP contribution in [0.4, 0.5) is 0 Å². The smallest absolute Gasteiger partial charge is 0.344 e. The number of halogens is 2. The van der Waals surface area contributed by atoms with E-state index in [0.29, 0.717) is 27.7 Å². The first-order valence-electron chi connectivity index (χ1n) is 6.38. The normalized spacial score (nSPS) is 10.3. The molecule has 0 saturated carbocycles. The zero-order valence-corrected chi connectivity index (χ0v) is 14.2. The summed E-state index contributed by atoms with van der Waals surface area (Å²) in [5.41, 5.74) is 0. The molecule has 0 aliphatic carbocycles. The summed E-state index contributed by atoms with van der Waals surface area (Å²) < 4.78 is 10.7. The number of hydrogen-bond donors (Lipinski definition) is 1. The molecule has 1 aromatic rings. The van der Waals surface area contributed by atoms with Crippen molar-refractivity contribution in [3.8, 4) is 5.75 Å². The maximum absolute atomic E-state index is 11.5. The zero-order chi connectivity index (χ0) is 15.8. The third kappa shape index (κ3) is 7.34. The molecule has 0 aromatic heterocycles. The maximum atomic E-state index is 11.5. The molecule has 0 saturated heterocycles. The van der Waals surface area contributed by atoms with Crippen LogP contribution in [0.1, 0.15) is 13.8 Å². The number of nitrogens with one attached hydrogen (secondary N) is 1. The lowest BCUT2D eigenvalue weighted by Crippen LogP contribution is -2.32. The minimum absolute atomic E-state index is 0.280. The Morgan fingerprint density at radius 1 is 1.33 bits per heavy atom. The van der Waals surface area contributed by atoms with E-state index in [0.717, 1.165) is 0 Å². The van der Waals surface area contributed by atoms with Crippen LogP contribution in [-0.2, 0) is 14.3 Å². The average Bonchev–Trinajstić information content (AvgIpc) is 2.41. The highest BCUT2D eigenvalue weighted by molar-refractivity contribution is 9.10. The van der Waals surface area contributed by atoms with Gasteiger partial charge in [-0.2, -0.15) is 0 Å². The predicted octanol–water partition coefficient (Wildman–Crippen LogP) is 2.80. The van der Waals surface area contributed by atoms with Crippen molar-refractivity contribution in [1.29, 1.82) is 0 Å². The summed E-state index contributed by atoms with van der Waals surface area (Å²) in [6.07, 6.45) is 0. The van der Waals surface area contributed by atoms with Gasteiger partial charge in [0, 0.05) is 11.6 Å². The van der Waals surface area contributed by atoms with Crippen molar-refractivity contribution in [1.82, 2.24) is 5.32 Å². The predicted molar refractivity (Wildman–Crippen MR) is 83.5 cm³/mol. The van der Waals surface area contributed by atoms with Crippen LogP contribution in [0.2, 0.25) is 5.02 Å². The molecule has 5 nitrogen and oxygen atoms in total. The Bertz CT molecular complexity index is 508. The summed E-state index contributed by atoms with van der Waals surface area (Å²) >= 11 is 9.06. The molecule has 1 N–H and O–H groups in total. The van der Waals surface area contributed by atoms with Crippen LogP contribution in [0, 0.1) is 5.92 Å². The number of carbonyl (C=O) groups is 2. The first-order chi connectivity index (χ1) is 9.88. The fourth-order valence-electron chi connectivity index (χ4n) is 1.29. The van der Waals surface area contributed by atoms with Crippen LogP contribution >= 0.6 is 27.5 Å². The van der Waals surface area contributed by atoms with Gasteiger partial charge >= 0.3 is 5.97 Å². The number of amides is 1. The van der Waals surface area contributed by atoms with Crippen molar-refractivity contribution < 1.29 is 19.1 Å². The van der Waals surface area contributed by atoms with E-state index < -0.39 is 5.97 Å². The molecule has 0 aliphatic rings. The first-order valence-corrected chi connectivity index (χ1v) is 7.55. The summed E-state index contributed by atoms with van der Waals surface area (Å²) in [6, 6.07) is 4.93. The minimum Gasteiger partial charge on any atom is -0.481 e. The molecule has 0 bridgehead atoms. The highest BCUT2D eigenvalue weighted by Gasteiger charge is 2.10. The zero-order valence-electron chi connectivity index (χ0n) is 11.8. The van der Waals surface area contributed by atoms with Crippen LogP contribution in [0.15, 0.2) is 22.7 Å². The number of rotatable bonds is 7. The number of ether oxygens (including phenoxy) is 2. The topological polar surface area (TPSA) is 64.6 Å². The van der Waals surface area contributed by atoms with Crippen LogP contribution in [0.25, 0.3) is 0 Å². The van der Waals surface area contributed by atoms with E-state index in [2.05, 4.69) is 21.2 Å². The number of esters is 1. The van der Waals surface area contributed by atoms with Crippen molar-refractivity contribution in [2.75, 3.05) is 19.8 Å². The molecule has 0 heterocycles. The average molecular weight is 379 g/mol. The molecule has 0 aliphatic heterocycles. The number of hydrogen-bond acceptors (Lipinski definition) is 4. The third-order valence-corrected chi connectivity index (χ3v) is 3.17. The molecule has 7 heteroatoms. The van der Waals surface area contributed by atoms with Gasteiger partial charge in [-0.15, -0.1) is 0 Å². The van der Waals surface area contributed by atoms with Gasteiger partial charge in [0.05, 0.1) is 4.47 Å². The molecule has 1 amide bonds. The molecule has 0 fully saturated rings. The standard InChI is InChI=1S/C14H17BrClNO4/c1-9(2)6-17-13(18)7-21-14(19)8-20-12-4-3-10(16)5-11(12)15/h3-5,9H,6-8H2,1-2H3,(H,17,18). The Labute approximate surface area is 137 Å². The molecule has 0 atom stereocenters. The van der Waals surface area contributed by atoms with Crippen molar-refractivity contribution in [3.63, 3.8) is 0 Å². The molecular formula is C14H17BrClNO4. The fraction of sp³-hybridized carbons (Fsp3) is 0.429. The largest absolute Gasteiger partial charge is 0.481 e. The van der Waals surface area contributed by atoms with Crippen molar-refractivity contribution in [2.24, 2.45) is 5.92 Å². The van der Waals surface area contributed by atoms with Crippen molar-refractivity contribution >= 4 is 39.4 Å². The highest BCUT2D eigenvalue weighted by atomic mass is 79.9. The van der Waals surface area contributed by atoms with Gasteiger partial charge in [0.1, 0.15) is 5.75 Å². The van der Waals surface area contributed by atoms with Crippen molar-refractivity contribution in [3.05, 3.63) is 27.7 Å². The summed E-state index contributed by atoms with van der Waals surface area (Å²) in [7, 11) is 0. The maximum Gasteiger partial charge on any atom is 0.344 e. The van der Waals surface area contributed by atoms with Crippen LogP contribution in [0.5, 0.6) is 5.75 Å². The number of carbonyl (C=O) groups excluding carboxylic acids is 2. The lowest BCUT2D eigenvalue weighted by molar-refractivity contribution is -0.150. The second-order valence-electron chi connectivity index (χ2n) is 4.72. The third-order valence-electron chi connectivity index (χ3n) is 2.31. The van der Waals surface area contributed by atoms with Gasteiger partial charge in [-0.3, -0.25) is 4.79 Å². The van der Waals surface area contributed by atoms with E-state index in [-0.39, 0.29) is 19.1 Å². The molecule has 0 spiro atoms.